The second-order valence-electron chi connectivity index (χ2n) is 0.294. The van der Waals surface area contributed by atoms with E-state index in [-0.39, 0.29) is 0 Å². The van der Waals surface area contributed by atoms with Gasteiger partial charge in [0.05, 0.1) is 0 Å². The molecule has 5 heavy (non-hydrogen) atoms. The molecule has 3 heteroatoms. The maximum absolute atomic E-state index is 9.08. The van der Waals surface area contributed by atoms with Crippen LogP contribution in [-0.2, 0) is 28.4 Å². The van der Waals surface area contributed by atoms with Gasteiger partial charge >= 0.3 is 36.6 Å². The van der Waals surface area contributed by atoms with Gasteiger partial charge in [-0.3, -0.25) is 0 Å². The van der Waals surface area contributed by atoms with Crippen LogP contribution in [0.3, 0.4) is 0 Å². The Morgan fingerprint density at radius 1 is 1.20 bits per heavy atom. The van der Waals surface area contributed by atoms with E-state index >= 15 is 0 Å². The van der Waals surface area contributed by atoms with E-state index in [1.807, 2.05) is 0 Å². The SMILES string of the molecule is O=[C]=[Nb]=[C]=O. The predicted molar refractivity (Wildman–Crippen MR) is 11.4 cm³/mol. The fourth-order valence-electron chi connectivity index (χ4n) is 0.0186. The van der Waals surface area contributed by atoms with Gasteiger partial charge in [-0.1, -0.05) is 0 Å². The first-order valence-electron chi connectivity index (χ1n) is 0.855. The van der Waals surface area contributed by atoms with Crippen molar-refractivity contribution in [3.63, 3.8) is 0 Å². The molecule has 0 aromatic heterocycles. The summed E-state index contributed by atoms with van der Waals surface area (Å²) in [6.45, 7) is 0. The number of hydrogen-bond acceptors (Lipinski definition) is 2. The Bertz CT molecular complexity index is 99.6. The Balaban J connectivity index is 4.38. The third-order valence-corrected chi connectivity index (χ3v) is 0.540. The molecule has 0 fully saturated rings. The third-order valence-electron chi connectivity index (χ3n) is 0.0913. The first kappa shape index (κ1) is 4.90. The van der Waals surface area contributed by atoms with Gasteiger partial charge in [0, 0.05) is 0 Å². The standard InChI is InChI=1S/2CO.Nb/c2*1-2;. The van der Waals surface area contributed by atoms with Crippen LogP contribution in [0.15, 0.2) is 0 Å². The van der Waals surface area contributed by atoms with E-state index in [0.717, 1.165) is 0 Å². The van der Waals surface area contributed by atoms with Crippen molar-refractivity contribution >= 4 is 8.18 Å². The van der Waals surface area contributed by atoms with Gasteiger partial charge in [0.15, 0.2) is 0 Å². The molecule has 0 spiro atoms. The third kappa shape index (κ3) is 3.90. The fourth-order valence-corrected chi connectivity index (χ4v) is 0.110. The molecule has 0 bridgehead atoms. The summed E-state index contributed by atoms with van der Waals surface area (Å²) >= 11 is -1.26. The summed E-state index contributed by atoms with van der Waals surface area (Å²) in [5.41, 5.74) is 0. The Morgan fingerprint density at radius 2 is 1.60 bits per heavy atom. The van der Waals surface area contributed by atoms with Gasteiger partial charge in [-0.2, -0.15) is 0 Å². The molecule has 0 rings (SSSR count). The van der Waals surface area contributed by atoms with Crippen molar-refractivity contribution in [2.45, 2.75) is 0 Å². The first-order valence-corrected chi connectivity index (χ1v) is 3.05. The Hall–Kier alpha value is -0.0997. The average molecular weight is 149 g/mol. The normalized spacial score (nSPS) is 3.20. The molecule has 0 saturated carbocycles. The zero-order valence-electron chi connectivity index (χ0n) is 2.26. The number of carbonyl (C=O) groups excluding carboxylic acids is 2. The summed E-state index contributed by atoms with van der Waals surface area (Å²) in [5, 5.41) is 0. The van der Waals surface area contributed by atoms with Gasteiger partial charge in [-0.25, -0.2) is 0 Å². The van der Waals surface area contributed by atoms with Gasteiger partial charge in [0.2, 0.25) is 0 Å². The second kappa shape index (κ2) is 3.90. The molecular formula is C2NbO2. The molecule has 0 radical (unpaired) electrons. The van der Waals surface area contributed by atoms with Crippen LogP contribution in [-0.4, -0.2) is 8.18 Å². The molecule has 0 unspecified atom stereocenters. The molecule has 0 aliphatic carbocycles. The molecule has 0 heterocycles. The topological polar surface area (TPSA) is 34.1 Å². The molecule has 0 aliphatic heterocycles. The first-order chi connectivity index (χ1) is 2.41. The Labute approximate surface area is 37.1 Å². The van der Waals surface area contributed by atoms with Crippen molar-refractivity contribution in [2.24, 2.45) is 0 Å². The van der Waals surface area contributed by atoms with Crippen LogP contribution in [0, 0.1) is 0 Å². The van der Waals surface area contributed by atoms with Gasteiger partial charge in [0.1, 0.15) is 0 Å². The fraction of sp³-hybridized carbons (Fsp3) is 0. The van der Waals surface area contributed by atoms with Crippen molar-refractivity contribution in [1.82, 2.24) is 0 Å². The van der Waals surface area contributed by atoms with E-state index in [1.165, 1.54) is 8.18 Å². The van der Waals surface area contributed by atoms with Crippen molar-refractivity contribution in [3.8, 4) is 0 Å². The summed E-state index contributed by atoms with van der Waals surface area (Å²) in [5.74, 6) is 0. The second-order valence-corrected chi connectivity index (χ2v) is 1.74. The zero-order valence-corrected chi connectivity index (χ0v) is 4.46. The van der Waals surface area contributed by atoms with Crippen LogP contribution < -0.4 is 0 Å². The maximum atomic E-state index is 9.08. The van der Waals surface area contributed by atoms with Crippen molar-refractivity contribution < 1.29 is 28.4 Å². The number of rotatable bonds is 0. The van der Waals surface area contributed by atoms with E-state index in [1.54, 1.807) is 0 Å². The van der Waals surface area contributed by atoms with Crippen molar-refractivity contribution in [1.29, 1.82) is 0 Å². The quantitative estimate of drug-likeness (QED) is 0.422. The Morgan fingerprint density at radius 3 is 1.60 bits per heavy atom. The van der Waals surface area contributed by atoms with Gasteiger partial charge in [-0.05, 0) is 0 Å². The predicted octanol–water partition coefficient (Wildman–Crippen LogP) is -0.797. The zero-order chi connectivity index (χ0) is 4.12. The summed E-state index contributed by atoms with van der Waals surface area (Å²) in [6.07, 6.45) is 0. The molecule has 0 aromatic carbocycles. The van der Waals surface area contributed by atoms with Gasteiger partial charge in [0.25, 0.3) is 0 Å². The molecule has 2 nitrogen and oxygen atoms in total. The monoisotopic (exact) mass is 149 g/mol. The summed E-state index contributed by atoms with van der Waals surface area (Å²) < 4.78 is 2.99. The van der Waals surface area contributed by atoms with Crippen LogP contribution in [0.1, 0.15) is 0 Å². The molecule has 0 atom stereocenters. The van der Waals surface area contributed by atoms with Crippen LogP contribution in [0.4, 0.5) is 0 Å². The van der Waals surface area contributed by atoms with Crippen LogP contribution >= 0.6 is 0 Å². The van der Waals surface area contributed by atoms with E-state index in [0.29, 0.717) is 0 Å². The molecule has 0 saturated heterocycles. The Kier molecular flexibility index (Phi) is 3.82. The summed E-state index contributed by atoms with van der Waals surface area (Å²) in [4.78, 5) is 18.2. The minimum atomic E-state index is -1.26. The van der Waals surface area contributed by atoms with Gasteiger partial charge in [-0.15, -0.1) is 0 Å². The average Bonchev–Trinajstić information content (AvgIpc) is 1.41. The van der Waals surface area contributed by atoms with Crippen LogP contribution in [0.5, 0.6) is 0 Å². The summed E-state index contributed by atoms with van der Waals surface area (Å²) in [6, 6.07) is 0. The molecule has 25 valence electrons. The summed E-state index contributed by atoms with van der Waals surface area (Å²) in [7, 11) is 0. The van der Waals surface area contributed by atoms with Gasteiger partial charge < -0.3 is 0 Å². The molecule has 0 amide bonds. The molecular weight excluding hydrogens is 149 g/mol. The minimum absolute atomic E-state index is 1.26. The van der Waals surface area contributed by atoms with E-state index in [4.69, 9.17) is 9.59 Å². The van der Waals surface area contributed by atoms with Crippen LogP contribution in [0.25, 0.3) is 0 Å². The molecule has 0 aromatic rings. The van der Waals surface area contributed by atoms with E-state index < -0.39 is 18.8 Å². The molecule has 0 aliphatic rings. The molecule has 0 N–H and O–H groups in total. The van der Waals surface area contributed by atoms with Crippen LogP contribution in [0.2, 0.25) is 0 Å². The van der Waals surface area contributed by atoms with E-state index in [2.05, 4.69) is 0 Å². The van der Waals surface area contributed by atoms with E-state index in [9.17, 15) is 0 Å². The van der Waals surface area contributed by atoms with Crippen molar-refractivity contribution in [3.05, 3.63) is 0 Å². The van der Waals surface area contributed by atoms with Crippen molar-refractivity contribution in [2.75, 3.05) is 0 Å². The number of hydrogen-bond donors (Lipinski definition) is 0.